The molecule has 110 valence electrons. The first-order chi connectivity index (χ1) is 10.2. The Morgan fingerprint density at radius 1 is 1.19 bits per heavy atom. The maximum absolute atomic E-state index is 12.4. The van der Waals surface area contributed by atoms with Gasteiger partial charge in [-0.2, -0.15) is 0 Å². The van der Waals surface area contributed by atoms with E-state index >= 15 is 0 Å². The summed E-state index contributed by atoms with van der Waals surface area (Å²) in [6.07, 6.45) is 0.953. The molecule has 0 aliphatic carbocycles. The van der Waals surface area contributed by atoms with Crippen LogP contribution in [0.3, 0.4) is 0 Å². The summed E-state index contributed by atoms with van der Waals surface area (Å²) in [6, 6.07) is 15.7. The van der Waals surface area contributed by atoms with E-state index in [9.17, 15) is 4.79 Å². The average Bonchev–Trinajstić information content (AvgIpc) is 2.51. The molecule has 0 fully saturated rings. The number of nitrogens with two attached hydrogens (primary N) is 1. The largest absolute Gasteiger partial charge is 0.329 e. The molecular weight excluding hydrogens is 260 g/mol. The van der Waals surface area contributed by atoms with Gasteiger partial charge in [-0.1, -0.05) is 43.3 Å². The van der Waals surface area contributed by atoms with Crippen molar-refractivity contribution in [2.24, 2.45) is 5.73 Å². The fourth-order valence-corrected chi connectivity index (χ4v) is 2.44. The Bertz CT molecular complexity index is 608. The standard InChI is InChI=1S/C18H22N2O/c1-3-14-11-16(10-9-13(14)2)20-18(21)17(12-19)15-7-5-4-6-8-15/h4-11,17H,3,12,19H2,1-2H3,(H,20,21). The van der Waals surface area contributed by atoms with Gasteiger partial charge in [-0.15, -0.1) is 0 Å². The van der Waals surface area contributed by atoms with Gasteiger partial charge in [0.25, 0.3) is 0 Å². The number of carbonyl (C=O) groups excluding carboxylic acids is 1. The minimum absolute atomic E-state index is 0.0605. The molecule has 2 aromatic rings. The molecule has 1 atom stereocenters. The number of aryl methyl sites for hydroxylation is 2. The molecule has 0 saturated carbocycles. The van der Waals surface area contributed by atoms with E-state index in [0.29, 0.717) is 6.54 Å². The third-order valence-electron chi connectivity index (χ3n) is 3.75. The van der Waals surface area contributed by atoms with Crippen LogP contribution < -0.4 is 11.1 Å². The van der Waals surface area contributed by atoms with Crippen molar-refractivity contribution in [1.82, 2.24) is 0 Å². The summed E-state index contributed by atoms with van der Waals surface area (Å²) in [5.41, 5.74) is 10.0. The van der Waals surface area contributed by atoms with E-state index in [4.69, 9.17) is 5.73 Å². The summed E-state index contributed by atoms with van der Waals surface area (Å²) < 4.78 is 0. The van der Waals surface area contributed by atoms with Gasteiger partial charge in [0.2, 0.25) is 5.91 Å². The maximum atomic E-state index is 12.4. The van der Waals surface area contributed by atoms with Gasteiger partial charge in [0.15, 0.2) is 0 Å². The van der Waals surface area contributed by atoms with Gasteiger partial charge in [-0.3, -0.25) is 4.79 Å². The lowest BCUT2D eigenvalue weighted by Gasteiger charge is -2.16. The zero-order chi connectivity index (χ0) is 15.2. The van der Waals surface area contributed by atoms with Crippen LogP contribution in [-0.4, -0.2) is 12.5 Å². The highest BCUT2D eigenvalue weighted by Crippen LogP contribution is 2.20. The van der Waals surface area contributed by atoms with Crippen molar-refractivity contribution in [3.8, 4) is 0 Å². The SMILES string of the molecule is CCc1cc(NC(=O)C(CN)c2ccccc2)ccc1C. The number of hydrogen-bond donors (Lipinski definition) is 2. The van der Waals surface area contributed by atoms with Crippen LogP contribution in [0.15, 0.2) is 48.5 Å². The molecule has 0 spiro atoms. The molecular formula is C18H22N2O. The average molecular weight is 282 g/mol. The van der Waals surface area contributed by atoms with Crippen LogP contribution in [0.5, 0.6) is 0 Å². The van der Waals surface area contributed by atoms with E-state index in [1.807, 2.05) is 48.5 Å². The quantitative estimate of drug-likeness (QED) is 0.884. The van der Waals surface area contributed by atoms with Crippen molar-refractivity contribution < 1.29 is 4.79 Å². The first kappa shape index (κ1) is 15.3. The van der Waals surface area contributed by atoms with E-state index in [-0.39, 0.29) is 11.8 Å². The van der Waals surface area contributed by atoms with Crippen LogP contribution in [0.25, 0.3) is 0 Å². The number of anilines is 1. The molecule has 1 unspecified atom stereocenters. The lowest BCUT2D eigenvalue weighted by Crippen LogP contribution is -2.27. The van der Waals surface area contributed by atoms with E-state index < -0.39 is 0 Å². The summed E-state index contributed by atoms with van der Waals surface area (Å²) in [6.45, 7) is 4.49. The Labute approximate surface area is 126 Å². The minimum Gasteiger partial charge on any atom is -0.329 e. The van der Waals surface area contributed by atoms with Crippen molar-refractivity contribution >= 4 is 11.6 Å². The van der Waals surface area contributed by atoms with Crippen molar-refractivity contribution in [3.05, 3.63) is 65.2 Å². The van der Waals surface area contributed by atoms with E-state index in [1.54, 1.807) is 0 Å². The second-order valence-corrected chi connectivity index (χ2v) is 5.18. The lowest BCUT2D eigenvalue weighted by molar-refractivity contribution is -0.117. The molecule has 1 amide bonds. The highest BCUT2D eigenvalue weighted by molar-refractivity contribution is 5.96. The van der Waals surface area contributed by atoms with Crippen LogP contribution in [-0.2, 0) is 11.2 Å². The molecule has 0 aliphatic rings. The Morgan fingerprint density at radius 2 is 1.90 bits per heavy atom. The number of carbonyl (C=O) groups is 1. The van der Waals surface area contributed by atoms with Gasteiger partial charge in [-0.05, 0) is 42.2 Å². The van der Waals surface area contributed by atoms with Crippen LogP contribution in [0.1, 0.15) is 29.5 Å². The zero-order valence-electron chi connectivity index (χ0n) is 12.6. The highest BCUT2D eigenvalue weighted by Gasteiger charge is 2.18. The molecule has 0 aliphatic heterocycles. The molecule has 0 radical (unpaired) electrons. The number of nitrogens with one attached hydrogen (secondary N) is 1. The smallest absolute Gasteiger partial charge is 0.233 e. The first-order valence-electron chi connectivity index (χ1n) is 7.31. The molecule has 2 rings (SSSR count). The second kappa shape index (κ2) is 7.04. The summed E-state index contributed by atoms with van der Waals surface area (Å²) in [7, 11) is 0. The molecule has 21 heavy (non-hydrogen) atoms. The molecule has 0 saturated heterocycles. The summed E-state index contributed by atoms with van der Waals surface area (Å²) >= 11 is 0. The number of amides is 1. The van der Waals surface area contributed by atoms with Crippen molar-refractivity contribution in [1.29, 1.82) is 0 Å². The summed E-state index contributed by atoms with van der Waals surface area (Å²) in [5.74, 6) is -0.382. The zero-order valence-corrected chi connectivity index (χ0v) is 12.6. The number of rotatable bonds is 5. The topological polar surface area (TPSA) is 55.1 Å². The normalized spacial score (nSPS) is 12.0. The lowest BCUT2D eigenvalue weighted by atomic mass is 9.98. The van der Waals surface area contributed by atoms with Gasteiger partial charge < -0.3 is 11.1 Å². The maximum Gasteiger partial charge on any atom is 0.233 e. The molecule has 0 heterocycles. The Kier molecular flexibility index (Phi) is 5.12. The highest BCUT2D eigenvalue weighted by atomic mass is 16.1. The van der Waals surface area contributed by atoms with Gasteiger partial charge in [0.05, 0.1) is 5.92 Å². The van der Waals surface area contributed by atoms with Crippen molar-refractivity contribution in [3.63, 3.8) is 0 Å². The summed E-state index contributed by atoms with van der Waals surface area (Å²) in [5, 5.41) is 2.97. The van der Waals surface area contributed by atoms with Gasteiger partial charge >= 0.3 is 0 Å². The Balaban J connectivity index is 2.16. The van der Waals surface area contributed by atoms with Crippen LogP contribution in [0, 0.1) is 6.92 Å². The van der Waals surface area contributed by atoms with E-state index in [1.165, 1.54) is 11.1 Å². The van der Waals surface area contributed by atoms with E-state index in [0.717, 1.165) is 17.7 Å². The van der Waals surface area contributed by atoms with Crippen LogP contribution in [0.4, 0.5) is 5.69 Å². The predicted molar refractivity (Wildman–Crippen MR) is 87.4 cm³/mol. The molecule has 3 heteroatoms. The predicted octanol–water partition coefficient (Wildman–Crippen LogP) is 3.24. The third-order valence-corrected chi connectivity index (χ3v) is 3.75. The Morgan fingerprint density at radius 3 is 2.52 bits per heavy atom. The Hall–Kier alpha value is -2.13. The minimum atomic E-state index is -0.322. The first-order valence-corrected chi connectivity index (χ1v) is 7.31. The molecule has 0 bridgehead atoms. The molecule has 3 nitrogen and oxygen atoms in total. The van der Waals surface area contributed by atoms with Crippen LogP contribution >= 0.6 is 0 Å². The van der Waals surface area contributed by atoms with Gasteiger partial charge in [-0.25, -0.2) is 0 Å². The molecule has 3 N–H and O–H groups in total. The van der Waals surface area contributed by atoms with Gasteiger partial charge in [0, 0.05) is 12.2 Å². The van der Waals surface area contributed by atoms with Crippen molar-refractivity contribution in [2.75, 3.05) is 11.9 Å². The number of benzene rings is 2. The summed E-state index contributed by atoms with van der Waals surface area (Å²) in [4.78, 5) is 12.4. The van der Waals surface area contributed by atoms with Crippen molar-refractivity contribution in [2.45, 2.75) is 26.2 Å². The van der Waals surface area contributed by atoms with Crippen LogP contribution in [0.2, 0.25) is 0 Å². The number of hydrogen-bond acceptors (Lipinski definition) is 2. The third kappa shape index (κ3) is 3.70. The van der Waals surface area contributed by atoms with E-state index in [2.05, 4.69) is 19.2 Å². The molecule has 2 aromatic carbocycles. The molecule has 0 aromatic heterocycles. The second-order valence-electron chi connectivity index (χ2n) is 5.18. The fourth-order valence-electron chi connectivity index (χ4n) is 2.44. The van der Waals surface area contributed by atoms with Gasteiger partial charge in [0.1, 0.15) is 0 Å². The fraction of sp³-hybridized carbons (Fsp3) is 0.278. The monoisotopic (exact) mass is 282 g/mol.